The fourth-order valence-electron chi connectivity index (χ4n) is 1.17. The minimum absolute atomic E-state index is 0.213. The van der Waals surface area contributed by atoms with Crippen LogP contribution in [0.2, 0.25) is 0 Å². The highest BCUT2D eigenvalue weighted by Crippen LogP contribution is 2.20. The molecule has 0 heterocycles. The standard InChI is InChI=1S/C12H9F3N2O2/c1-19-11(6-10(18)12(13,14)15)17-9-5-3-2-4-8(9)7-16/h2-6,17H,1H3/b11-6-. The number of para-hydroxylation sites is 1. The summed E-state index contributed by atoms with van der Waals surface area (Å²) in [5, 5.41) is 11.3. The van der Waals surface area contributed by atoms with Gasteiger partial charge in [-0.2, -0.15) is 18.4 Å². The number of hydrogen-bond donors (Lipinski definition) is 1. The molecule has 7 heteroatoms. The SMILES string of the molecule is CO/C(=C\C(=O)C(F)(F)F)Nc1ccccc1C#N. The fourth-order valence-corrected chi connectivity index (χ4v) is 1.17. The van der Waals surface area contributed by atoms with E-state index in [-0.39, 0.29) is 17.3 Å². The first-order valence-corrected chi connectivity index (χ1v) is 5.01. The Morgan fingerprint density at radius 1 is 1.42 bits per heavy atom. The average Bonchev–Trinajstić information content (AvgIpc) is 2.37. The molecule has 0 bridgehead atoms. The topological polar surface area (TPSA) is 62.1 Å². The molecule has 0 aliphatic heterocycles. The quantitative estimate of drug-likeness (QED) is 0.674. The van der Waals surface area contributed by atoms with E-state index in [9.17, 15) is 18.0 Å². The van der Waals surface area contributed by atoms with E-state index in [0.717, 1.165) is 7.11 Å². The van der Waals surface area contributed by atoms with Crippen LogP contribution in [0.3, 0.4) is 0 Å². The molecule has 0 atom stereocenters. The van der Waals surface area contributed by atoms with Gasteiger partial charge in [-0.15, -0.1) is 0 Å². The Morgan fingerprint density at radius 2 is 2.05 bits per heavy atom. The zero-order chi connectivity index (χ0) is 14.5. The van der Waals surface area contributed by atoms with Crippen LogP contribution in [0.5, 0.6) is 0 Å². The highest BCUT2D eigenvalue weighted by Gasteiger charge is 2.37. The first kappa shape index (κ1) is 14.6. The number of nitrogens with zero attached hydrogens (tertiary/aromatic N) is 1. The van der Waals surface area contributed by atoms with Crippen LogP contribution in [0.4, 0.5) is 18.9 Å². The van der Waals surface area contributed by atoms with Gasteiger partial charge in [0.1, 0.15) is 6.07 Å². The van der Waals surface area contributed by atoms with Crippen molar-refractivity contribution in [3.05, 3.63) is 41.8 Å². The summed E-state index contributed by atoms with van der Waals surface area (Å²) in [7, 11) is 1.11. The Hall–Kier alpha value is -2.49. The number of halogens is 3. The first-order valence-electron chi connectivity index (χ1n) is 5.01. The molecular weight excluding hydrogens is 261 g/mol. The molecule has 19 heavy (non-hydrogen) atoms. The van der Waals surface area contributed by atoms with Crippen LogP contribution in [0.15, 0.2) is 36.2 Å². The maximum Gasteiger partial charge on any atom is 0.454 e. The summed E-state index contributed by atoms with van der Waals surface area (Å²) in [4.78, 5) is 10.8. The van der Waals surface area contributed by atoms with Crippen molar-refractivity contribution in [2.75, 3.05) is 12.4 Å². The lowest BCUT2D eigenvalue weighted by atomic mass is 10.2. The fraction of sp³-hybridized carbons (Fsp3) is 0.167. The van der Waals surface area contributed by atoms with Crippen molar-refractivity contribution in [2.24, 2.45) is 0 Å². The number of rotatable bonds is 4. The normalized spacial score (nSPS) is 11.6. The number of nitriles is 1. The van der Waals surface area contributed by atoms with Crippen molar-refractivity contribution in [3.63, 3.8) is 0 Å². The third-order valence-electron chi connectivity index (χ3n) is 2.07. The predicted octanol–water partition coefficient (Wildman–Crippen LogP) is 2.59. The lowest BCUT2D eigenvalue weighted by Gasteiger charge is -2.11. The van der Waals surface area contributed by atoms with E-state index in [4.69, 9.17) is 5.26 Å². The van der Waals surface area contributed by atoms with Gasteiger partial charge in [-0.1, -0.05) is 12.1 Å². The third-order valence-corrected chi connectivity index (χ3v) is 2.07. The number of carbonyl (C=O) groups excluding carboxylic acids is 1. The summed E-state index contributed by atoms with van der Waals surface area (Å²) in [5.74, 6) is -2.45. The molecule has 0 saturated heterocycles. The summed E-state index contributed by atoms with van der Waals surface area (Å²) < 4.78 is 40.9. The molecule has 0 aliphatic carbocycles. The molecule has 0 saturated carbocycles. The van der Waals surface area contributed by atoms with Gasteiger partial charge in [-0.05, 0) is 12.1 Å². The number of benzene rings is 1. The molecule has 0 radical (unpaired) electrons. The molecule has 0 fully saturated rings. The van der Waals surface area contributed by atoms with Gasteiger partial charge in [0.15, 0.2) is 5.88 Å². The van der Waals surface area contributed by atoms with Crippen LogP contribution in [-0.4, -0.2) is 19.1 Å². The summed E-state index contributed by atoms with van der Waals surface area (Å²) >= 11 is 0. The first-order chi connectivity index (χ1) is 8.88. The van der Waals surface area contributed by atoms with Crippen LogP contribution in [0.1, 0.15) is 5.56 Å². The van der Waals surface area contributed by atoms with Crippen molar-refractivity contribution in [1.82, 2.24) is 0 Å². The number of hydrogen-bond acceptors (Lipinski definition) is 4. The van der Waals surface area contributed by atoms with Crippen molar-refractivity contribution >= 4 is 11.5 Å². The molecule has 0 aliphatic rings. The number of carbonyl (C=O) groups is 1. The van der Waals surface area contributed by atoms with Crippen LogP contribution in [-0.2, 0) is 9.53 Å². The highest BCUT2D eigenvalue weighted by molar-refractivity contribution is 5.95. The zero-order valence-electron chi connectivity index (χ0n) is 9.78. The molecule has 1 aromatic carbocycles. The van der Waals surface area contributed by atoms with Crippen LogP contribution in [0, 0.1) is 11.3 Å². The molecule has 100 valence electrons. The van der Waals surface area contributed by atoms with E-state index in [1.807, 2.05) is 6.07 Å². The number of allylic oxidation sites excluding steroid dienone is 1. The molecular formula is C12H9F3N2O2. The average molecular weight is 270 g/mol. The molecule has 0 spiro atoms. The predicted molar refractivity (Wildman–Crippen MR) is 60.9 cm³/mol. The second-order valence-electron chi connectivity index (χ2n) is 3.36. The largest absolute Gasteiger partial charge is 0.482 e. The van der Waals surface area contributed by atoms with Crippen molar-refractivity contribution in [3.8, 4) is 6.07 Å². The third kappa shape index (κ3) is 4.03. The lowest BCUT2D eigenvalue weighted by Crippen LogP contribution is -2.21. The summed E-state index contributed by atoms with van der Waals surface area (Å²) in [6.07, 6.45) is -4.69. The smallest absolute Gasteiger partial charge is 0.454 e. The zero-order valence-corrected chi connectivity index (χ0v) is 9.78. The van der Waals surface area contributed by atoms with Gasteiger partial charge in [-0.3, -0.25) is 4.79 Å². The number of nitrogens with one attached hydrogen (secondary N) is 1. The molecule has 0 unspecified atom stereocenters. The van der Waals surface area contributed by atoms with Gasteiger partial charge < -0.3 is 10.1 Å². The van der Waals surface area contributed by atoms with E-state index in [1.54, 1.807) is 12.1 Å². The number of ketones is 1. The van der Waals surface area contributed by atoms with Crippen LogP contribution in [0.25, 0.3) is 0 Å². The van der Waals surface area contributed by atoms with Gasteiger partial charge >= 0.3 is 6.18 Å². The summed E-state index contributed by atoms with van der Waals surface area (Å²) in [5.41, 5.74) is 0.456. The molecule has 0 amide bonds. The van der Waals surface area contributed by atoms with E-state index in [1.165, 1.54) is 12.1 Å². The minimum atomic E-state index is -4.97. The number of alkyl halides is 3. The highest BCUT2D eigenvalue weighted by atomic mass is 19.4. The lowest BCUT2D eigenvalue weighted by molar-refractivity contribution is -0.165. The monoisotopic (exact) mass is 270 g/mol. The second-order valence-corrected chi connectivity index (χ2v) is 3.36. The number of methoxy groups -OCH3 is 1. The molecule has 1 rings (SSSR count). The van der Waals surface area contributed by atoms with E-state index in [0.29, 0.717) is 0 Å². The minimum Gasteiger partial charge on any atom is -0.482 e. The Kier molecular flexibility index (Phi) is 4.53. The number of ether oxygens (including phenoxy) is 1. The Balaban J connectivity index is 2.98. The van der Waals surface area contributed by atoms with Crippen molar-refractivity contribution in [1.29, 1.82) is 5.26 Å². The number of anilines is 1. The van der Waals surface area contributed by atoms with Gasteiger partial charge in [0.05, 0.1) is 24.4 Å². The summed E-state index contributed by atoms with van der Waals surface area (Å²) in [6, 6.07) is 7.99. The maximum absolute atomic E-state index is 12.1. The van der Waals surface area contributed by atoms with Crippen LogP contribution >= 0.6 is 0 Å². The molecule has 4 nitrogen and oxygen atoms in total. The van der Waals surface area contributed by atoms with Crippen molar-refractivity contribution in [2.45, 2.75) is 6.18 Å². The van der Waals surface area contributed by atoms with E-state index >= 15 is 0 Å². The Bertz CT molecular complexity index is 545. The maximum atomic E-state index is 12.1. The van der Waals surface area contributed by atoms with E-state index < -0.39 is 17.8 Å². The Labute approximate surface area is 107 Å². The van der Waals surface area contributed by atoms with Gasteiger partial charge in [0, 0.05) is 0 Å². The van der Waals surface area contributed by atoms with Gasteiger partial charge in [-0.25, -0.2) is 0 Å². The van der Waals surface area contributed by atoms with Crippen LogP contribution < -0.4 is 5.32 Å². The molecule has 0 aromatic heterocycles. The molecule has 1 N–H and O–H groups in total. The van der Waals surface area contributed by atoms with Gasteiger partial charge in [0.2, 0.25) is 0 Å². The van der Waals surface area contributed by atoms with E-state index in [2.05, 4.69) is 10.1 Å². The second kappa shape index (κ2) is 5.91. The van der Waals surface area contributed by atoms with Crippen molar-refractivity contribution < 1.29 is 22.7 Å². The summed E-state index contributed by atoms with van der Waals surface area (Å²) in [6.45, 7) is 0. The molecule has 1 aromatic rings. The van der Waals surface area contributed by atoms with Gasteiger partial charge in [0.25, 0.3) is 5.78 Å². The Morgan fingerprint density at radius 3 is 2.58 bits per heavy atom.